The van der Waals surface area contributed by atoms with Gasteiger partial charge in [0.2, 0.25) is 0 Å². The van der Waals surface area contributed by atoms with Crippen LogP contribution in [0.5, 0.6) is 0 Å². The van der Waals surface area contributed by atoms with Gasteiger partial charge in [0.15, 0.2) is 11.5 Å². The second-order valence-electron chi connectivity index (χ2n) is 1.57. The van der Waals surface area contributed by atoms with Gasteiger partial charge in [0, 0.05) is 0 Å². The van der Waals surface area contributed by atoms with Gasteiger partial charge in [-0.25, -0.2) is 9.97 Å². The molecule has 0 spiro atoms. The predicted molar refractivity (Wildman–Crippen MR) is 42.1 cm³/mol. The topological polar surface area (TPSA) is 51.8 Å². The number of nitrogens with zero attached hydrogens (tertiary/aromatic N) is 2. The summed E-state index contributed by atoms with van der Waals surface area (Å²) in [6.07, 6.45) is 6.56. The zero-order valence-corrected chi connectivity index (χ0v) is 6.59. The van der Waals surface area contributed by atoms with E-state index in [2.05, 4.69) is 31.8 Å². The molecule has 3 nitrogen and oxygen atoms in total. The van der Waals surface area contributed by atoms with Crippen LogP contribution in [0.25, 0.3) is 0 Å². The Morgan fingerprint density at radius 2 is 2.40 bits per heavy atom. The zero-order chi connectivity index (χ0) is 7.56. The number of aromatic nitrogens is 2. The highest BCUT2D eigenvalue weighted by Gasteiger charge is 1.97. The van der Waals surface area contributed by atoms with E-state index in [1.54, 1.807) is 0 Å². The van der Waals surface area contributed by atoms with Crippen LogP contribution in [0.3, 0.4) is 0 Å². The highest BCUT2D eigenvalue weighted by Crippen LogP contribution is 2.08. The Hall–Kier alpha value is -1.08. The Balaban J connectivity index is 3.25. The van der Waals surface area contributed by atoms with Gasteiger partial charge in [-0.05, 0) is 21.9 Å². The third kappa shape index (κ3) is 1.25. The van der Waals surface area contributed by atoms with E-state index in [0.717, 1.165) is 0 Å². The van der Waals surface area contributed by atoms with Crippen molar-refractivity contribution in [1.82, 2.24) is 9.97 Å². The van der Waals surface area contributed by atoms with Gasteiger partial charge in [0.25, 0.3) is 0 Å². The van der Waals surface area contributed by atoms with Crippen molar-refractivity contribution in [3.63, 3.8) is 0 Å². The van der Waals surface area contributed by atoms with Crippen LogP contribution in [0.15, 0.2) is 10.8 Å². The highest BCUT2D eigenvalue weighted by molar-refractivity contribution is 9.10. The van der Waals surface area contributed by atoms with Crippen LogP contribution in [0.4, 0.5) is 5.82 Å². The zero-order valence-electron chi connectivity index (χ0n) is 5.00. The number of hydrogen-bond acceptors (Lipinski definition) is 3. The van der Waals surface area contributed by atoms with Crippen molar-refractivity contribution in [3.8, 4) is 12.3 Å². The van der Waals surface area contributed by atoms with E-state index in [1.165, 1.54) is 6.20 Å². The van der Waals surface area contributed by atoms with Crippen LogP contribution < -0.4 is 5.73 Å². The first-order valence-electron chi connectivity index (χ1n) is 2.48. The third-order valence-corrected chi connectivity index (χ3v) is 1.29. The smallest absolute Gasteiger partial charge is 0.158 e. The number of rotatable bonds is 0. The van der Waals surface area contributed by atoms with Gasteiger partial charge in [-0.1, -0.05) is 0 Å². The average molecular weight is 198 g/mol. The van der Waals surface area contributed by atoms with Gasteiger partial charge in [0.1, 0.15) is 4.60 Å². The molecule has 10 heavy (non-hydrogen) atoms. The number of hydrogen-bond donors (Lipinski definition) is 1. The average Bonchev–Trinajstić information content (AvgIpc) is 1.94. The molecule has 0 bridgehead atoms. The van der Waals surface area contributed by atoms with E-state index in [-0.39, 0.29) is 5.82 Å². The first kappa shape index (κ1) is 7.03. The minimum Gasteiger partial charge on any atom is -0.381 e. The van der Waals surface area contributed by atoms with E-state index >= 15 is 0 Å². The molecular weight excluding hydrogens is 194 g/mol. The lowest BCUT2D eigenvalue weighted by Gasteiger charge is -1.94. The summed E-state index contributed by atoms with van der Waals surface area (Å²) in [4.78, 5) is 7.66. The molecule has 0 radical (unpaired) electrons. The van der Waals surface area contributed by atoms with Crippen molar-refractivity contribution < 1.29 is 0 Å². The maximum absolute atomic E-state index is 5.36. The molecule has 2 N–H and O–H groups in total. The molecule has 0 aliphatic heterocycles. The van der Waals surface area contributed by atoms with Gasteiger partial charge in [-0.3, -0.25) is 0 Å². The second kappa shape index (κ2) is 2.67. The fraction of sp³-hybridized carbons (Fsp3) is 0. The molecule has 1 heterocycles. The molecule has 0 unspecified atom stereocenters. The van der Waals surface area contributed by atoms with Crippen LogP contribution in [0.2, 0.25) is 0 Å². The molecule has 50 valence electrons. The summed E-state index contributed by atoms with van der Waals surface area (Å²) in [6, 6.07) is 0. The fourth-order valence-corrected chi connectivity index (χ4v) is 0.763. The normalized spacial score (nSPS) is 8.80. The minimum atomic E-state index is 0.283. The first-order valence-corrected chi connectivity index (χ1v) is 3.28. The Bertz CT molecular complexity index is 290. The van der Waals surface area contributed by atoms with Crippen molar-refractivity contribution in [3.05, 3.63) is 16.5 Å². The quantitative estimate of drug-likeness (QED) is 0.627. The molecule has 0 aliphatic rings. The molecule has 1 aromatic rings. The molecule has 0 saturated heterocycles. The van der Waals surface area contributed by atoms with E-state index in [4.69, 9.17) is 12.2 Å². The van der Waals surface area contributed by atoms with Gasteiger partial charge in [-0.2, -0.15) is 0 Å². The molecule has 0 aromatic carbocycles. The lowest BCUT2D eigenvalue weighted by atomic mass is 10.4. The Morgan fingerprint density at radius 3 is 2.90 bits per heavy atom. The number of anilines is 1. The van der Waals surface area contributed by atoms with Crippen molar-refractivity contribution >= 4 is 21.7 Å². The summed E-state index contributed by atoms with van der Waals surface area (Å²) >= 11 is 3.11. The van der Waals surface area contributed by atoms with E-state index in [0.29, 0.717) is 10.3 Å². The molecular formula is C6H4BrN3. The highest BCUT2D eigenvalue weighted by atomic mass is 79.9. The summed E-state index contributed by atoms with van der Waals surface area (Å²) in [5.41, 5.74) is 5.73. The molecule has 4 heteroatoms. The van der Waals surface area contributed by atoms with Crippen molar-refractivity contribution in [2.24, 2.45) is 0 Å². The number of nitrogens with two attached hydrogens (primary N) is 1. The summed E-state index contributed by atoms with van der Waals surface area (Å²) in [5.74, 6) is 2.59. The van der Waals surface area contributed by atoms with Crippen molar-refractivity contribution in [1.29, 1.82) is 0 Å². The second-order valence-corrected chi connectivity index (χ2v) is 2.38. The Kier molecular flexibility index (Phi) is 1.88. The molecule has 0 atom stereocenters. The van der Waals surface area contributed by atoms with Crippen molar-refractivity contribution in [2.75, 3.05) is 5.73 Å². The minimum absolute atomic E-state index is 0.283. The third-order valence-electron chi connectivity index (χ3n) is 0.908. The lowest BCUT2D eigenvalue weighted by Crippen LogP contribution is -1.96. The largest absolute Gasteiger partial charge is 0.381 e. The van der Waals surface area contributed by atoms with Crippen molar-refractivity contribution in [2.45, 2.75) is 0 Å². The predicted octanol–water partition coefficient (Wildman–Crippen LogP) is 0.803. The SMILES string of the molecule is C#Cc1nc(Br)cnc1N. The Labute approximate surface area is 66.8 Å². The summed E-state index contributed by atoms with van der Waals surface area (Å²) in [6.45, 7) is 0. The summed E-state index contributed by atoms with van der Waals surface area (Å²) in [7, 11) is 0. The monoisotopic (exact) mass is 197 g/mol. The maximum atomic E-state index is 5.36. The number of terminal acetylenes is 1. The number of halogens is 1. The van der Waals surface area contributed by atoms with Crippen LogP contribution >= 0.6 is 15.9 Å². The van der Waals surface area contributed by atoms with Gasteiger partial charge < -0.3 is 5.73 Å². The number of nitrogen functional groups attached to an aromatic ring is 1. The molecule has 1 aromatic heterocycles. The lowest BCUT2D eigenvalue weighted by molar-refractivity contribution is 1.15. The molecule has 1 rings (SSSR count). The maximum Gasteiger partial charge on any atom is 0.158 e. The van der Waals surface area contributed by atoms with E-state index < -0.39 is 0 Å². The van der Waals surface area contributed by atoms with Crippen LogP contribution in [0.1, 0.15) is 5.69 Å². The van der Waals surface area contributed by atoms with Gasteiger partial charge in [-0.15, -0.1) is 6.42 Å². The van der Waals surface area contributed by atoms with Crippen LogP contribution in [-0.2, 0) is 0 Å². The summed E-state index contributed by atoms with van der Waals surface area (Å²) in [5, 5.41) is 0. The standard InChI is InChI=1S/C6H4BrN3/c1-2-4-6(8)9-3-5(7)10-4/h1,3H,(H2,8,9). The summed E-state index contributed by atoms with van der Waals surface area (Å²) < 4.78 is 0.592. The molecule has 0 aliphatic carbocycles. The Morgan fingerprint density at radius 1 is 1.70 bits per heavy atom. The molecule has 0 fully saturated rings. The molecule has 0 amide bonds. The fourth-order valence-electron chi connectivity index (χ4n) is 0.483. The van der Waals surface area contributed by atoms with Gasteiger partial charge in [0.05, 0.1) is 6.20 Å². The first-order chi connectivity index (χ1) is 4.74. The van der Waals surface area contributed by atoms with E-state index in [1.807, 2.05) is 0 Å². The van der Waals surface area contributed by atoms with Crippen LogP contribution in [0, 0.1) is 12.3 Å². The van der Waals surface area contributed by atoms with Gasteiger partial charge >= 0.3 is 0 Å². The van der Waals surface area contributed by atoms with Crippen LogP contribution in [-0.4, -0.2) is 9.97 Å². The van der Waals surface area contributed by atoms with E-state index in [9.17, 15) is 0 Å². The molecule has 0 saturated carbocycles.